The smallest absolute Gasteiger partial charge is 0.263 e. The molecule has 0 bridgehead atoms. The molecule has 5 heteroatoms. The first-order valence-corrected chi connectivity index (χ1v) is 4.06. The number of aryl methyl sites for hydroxylation is 1. The Morgan fingerprint density at radius 2 is 2.08 bits per heavy atom. The summed E-state index contributed by atoms with van der Waals surface area (Å²) in [5.41, 5.74) is 13.0. The molecule has 1 aromatic heterocycles. The van der Waals surface area contributed by atoms with Gasteiger partial charge in [-0.1, -0.05) is 0 Å². The third-order valence-electron chi connectivity index (χ3n) is 1.95. The number of carbonyl (C=O) groups is 1. The highest BCUT2D eigenvalue weighted by Crippen LogP contribution is 2.14. The SMILES string of the molecule is Cc1nn(C(=O)[C@H](C)N)c(C)c1N. The average Bonchev–Trinajstić information content (AvgIpc) is 2.31. The molecule has 72 valence electrons. The van der Waals surface area contributed by atoms with Crippen molar-refractivity contribution < 1.29 is 4.79 Å². The minimum absolute atomic E-state index is 0.239. The fraction of sp³-hybridized carbons (Fsp3) is 0.500. The van der Waals surface area contributed by atoms with Gasteiger partial charge in [-0.05, 0) is 20.8 Å². The van der Waals surface area contributed by atoms with E-state index in [4.69, 9.17) is 11.5 Å². The van der Waals surface area contributed by atoms with E-state index < -0.39 is 6.04 Å². The number of nitrogens with two attached hydrogens (primary N) is 2. The van der Waals surface area contributed by atoms with Crippen molar-refractivity contribution in [2.24, 2.45) is 5.73 Å². The van der Waals surface area contributed by atoms with Crippen LogP contribution in [0.25, 0.3) is 0 Å². The molecule has 0 radical (unpaired) electrons. The third-order valence-corrected chi connectivity index (χ3v) is 1.95. The molecule has 1 heterocycles. The summed E-state index contributed by atoms with van der Waals surface area (Å²) in [5.74, 6) is -0.239. The van der Waals surface area contributed by atoms with E-state index in [2.05, 4.69) is 5.10 Å². The number of nitrogen functional groups attached to an aromatic ring is 1. The van der Waals surface area contributed by atoms with Crippen LogP contribution in [-0.2, 0) is 0 Å². The van der Waals surface area contributed by atoms with Crippen LogP contribution in [0.2, 0.25) is 0 Å². The molecule has 0 aliphatic carbocycles. The van der Waals surface area contributed by atoms with Crippen LogP contribution in [0.5, 0.6) is 0 Å². The summed E-state index contributed by atoms with van der Waals surface area (Å²) in [5, 5.41) is 3.99. The summed E-state index contributed by atoms with van der Waals surface area (Å²) < 4.78 is 1.26. The molecule has 0 saturated heterocycles. The third kappa shape index (κ3) is 1.55. The van der Waals surface area contributed by atoms with Crippen molar-refractivity contribution in [3.8, 4) is 0 Å². The predicted molar refractivity (Wildman–Crippen MR) is 50.4 cm³/mol. The van der Waals surface area contributed by atoms with Gasteiger partial charge in [0.25, 0.3) is 5.91 Å². The summed E-state index contributed by atoms with van der Waals surface area (Å²) in [7, 11) is 0. The molecule has 0 saturated carbocycles. The fourth-order valence-electron chi connectivity index (χ4n) is 1.06. The van der Waals surface area contributed by atoms with Crippen LogP contribution in [0.1, 0.15) is 23.1 Å². The van der Waals surface area contributed by atoms with Crippen LogP contribution >= 0.6 is 0 Å². The van der Waals surface area contributed by atoms with Crippen LogP contribution in [-0.4, -0.2) is 21.7 Å². The van der Waals surface area contributed by atoms with Crippen molar-refractivity contribution in [2.45, 2.75) is 26.8 Å². The summed E-state index contributed by atoms with van der Waals surface area (Å²) in [6, 6.07) is -0.558. The Morgan fingerprint density at radius 3 is 2.38 bits per heavy atom. The van der Waals surface area contributed by atoms with Gasteiger partial charge in [0.15, 0.2) is 0 Å². The fourth-order valence-corrected chi connectivity index (χ4v) is 1.06. The van der Waals surface area contributed by atoms with Crippen molar-refractivity contribution in [3.63, 3.8) is 0 Å². The Balaban J connectivity index is 3.16. The van der Waals surface area contributed by atoms with Gasteiger partial charge in [-0.15, -0.1) is 0 Å². The molecule has 0 amide bonds. The van der Waals surface area contributed by atoms with Gasteiger partial charge in [0.2, 0.25) is 0 Å². The molecule has 13 heavy (non-hydrogen) atoms. The molecule has 4 N–H and O–H groups in total. The van der Waals surface area contributed by atoms with Gasteiger partial charge in [-0.2, -0.15) is 5.10 Å². The van der Waals surface area contributed by atoms with E-state index in [0.29, 0.717) is 17.1 Å². The summed E-state index contributed by atoms with van der Waals surface area (Å²) in [4.78, 5) is 11.5. The molecule has 5 nitrogen and oxygen atoms in total. The van der Waals surface area contributed by atoms with E-state index in [1.807, 2.05) is 0 Å². The van der Waals surface area contributed by atoms with Gasteiger partial charge in [0.1, 0.15) is 0 Å². The lowest BCUT2D eigenvalue weighted by molar-refractivity contribution is 0.0867. The van der Waals surface area contributed by atoms with Gasteiger partial charge >= 0.3 is 0 Å². The van der Waals surface area contributed by atoms with E-state index >= 15 is 0 Å². The second-order valence-electron chi connectivity index (χ2n) is 3.12. The van der Waals surface area contributed by atoms with Crippen molar-refractivity contribution in [2.75, 3.05) is 5.73 Å². The molecule has 0 aliphatic rings. The van der Waals surface area contributed by atoms with Crippen LogP contribution < -0.4 is 11.5 Å². The maximum absolute atomic E-state index is 11.5. The van der Waals surface area contributed by atoms with Gasteiger partial charge in [-0.25, -0.2) is 4.68 Å². The summed E-state index contributed by atoms with van der Waals surface area (Å²) in [6.45, 7) is 5.12. The normalized spacial score (nSPS) is 12.9. The second-order valence-corrected chi connectivity index (χ2v) is 3.12. The Morgan fingerprint density at radius 1 is 1.54 bits per heavy atom. The maximum atomic E-state index is 11.5. The number of nitrogens with zero attached hydrogens (tertiary/aromatic N) is 2. The lowest BCUT2D eigenvalue weighted by Gasteiger charge is -2.05. The number of anilines is 1. The van der Waals surface area contributed by atoms with E-state index in [9.17, 15) is 4.79 Å². The number of hydrogen-bond acceptors (Lipinski definition) is 4. The standard InChI is InChI=1S/C8H14N4O/c1-4(9)8(13)12-6(3)7(10)5(2)11-12/h4H,9-10H2,1-3H3/t4-/m0/s1. The van der Waals surface area contributed by atoms with Gasteiger partial charge in [-0.3, -0.25) is 4.79 Å². The molecule has 1 atom stereocenters. The first kappa shape index (κ1) is 9.73. The van der Waals surface area contributed by atoms with E-state index in [1.54, 1.807) is 20.8 Å². The molecular formula is C8H14N4O. The van der Waals surface area contributed by atoms with Crippen LogP contribution in [0.15, 0.2) is 0 Å². The van der Waals surface area contributed by atoms with E-state index in [-0.39, 0.29) is 5.91 Å². The molecular weight excluding hydrogens is 168 g/mol. The topological polar surface area (TPSA) is 86.9 Å². The molecule has 0 aliphatic heterocycles. The first-order chi connectivity index (χ1) is 5.95. The highest BCUT2D eigenvalue weighted by Gasteiger charge is 2.16. The molecule has 1 rings (SSSR count). The summed E-state index contributed by atoms with van der Waals surface area (Å²) >= 11 is 0. The van der Waals surface area contributed by atoms with Crippen molar-refractivity contribution >= 4 is 11.6 Å². The lowest BCUT2D eigenvalue weighted by atomic mass is 10.3. The largest absolute Gasteiger partial charge is 0.396 e. The Bertz CT molecular complexity index is 340. The summed E-state index contributed by atoms with van der Waals surface area (Å²) in [6.07, 6.45) is 0. The van der Waals surface area contributed by atoms with Gasteiger partial charge in [0, 0.05) is 0 Å². The number of carbonyl (C=O) groups excluding carboxylic acids is 1. The zero-order chi connectivity index (χ0) is 10.2. The highest BCUT2D eigenvalue weighted by atomic mass is 16.2. The molecule has 0 unspecified atom stereocenters. The van der Waals surface area contributed by atoms with Crippen LogP contribution in [0.4, 0.5) is 5.69 Å². The predicted octanol–water partition coefficient (Wildman–Crippen LogP) is 0.0695. The Kier molecular flexibility index (Phi) is 2.38. The minimum Gasteiger partial charge on any atom is -0.396 e. The number of rotatable bonds is 1. The first-order valence-electron chi connectivity index (χ1n) is 4.06. The van der Waals surface area contributed by atoms with Gasteiger partial charge in [0.05, 0.1) is 23.1 Å². The monoisotopic (exact) mass is 182 g/mol. The molecule has 0 aromatic carbocycles. The van der Waals surface area contributed by atoms with Crippen LogP contribution in [0, 0.1) is 13.8 Å². The van der Waals surface area contributed by atoms with E-state index in [0.717, 1.165) is 0 Å². The quantitative estimate of drug-likeness (QED) is 0.643. The van der Waals surface area contributed by atoms with Crippen LogP contribution in [0.3, 0.4) is 0 Å². The zero-order valence-corrected chi connectivity index (χ0v) is 8.03. The highest BCUT2D eigenvalue weighted by molar-refractivity contribution is 5.84. The van der Waals surface area contributed by atoms with Crippen molar-refractivity contribution in [3.05, 3.63) is 11.4 Å². The number of aromatic nitrogens is 2. The maximum Gasteiger partial charge on any atom is 0.263 e. The molecule has 1 aromatic rings. The van der Waals surface area contributed by atoms with Crippen molar-refractivity contribution in [1.82, 2.24) is 9.78 Å². The van der Waals surface area contributed by atoms with Crippen molar-refractivity contribution in [1.29, 1.82) is 0 Å². The van der Waals surface area contributed by atoms with E-state index in [1.165, 1.54) is 4.68 Å². The Labute approximate surface area is 76.7 Å². The molecule has 0 spiro atoms. The lowest BCUT2D eigenvalue weighted by Crippen LogP contribution is -2.33. The average molecular weight is 182 g/mol. The second kappa shape index (κ2) is 3.18. The minimum atomic E-state index is -0.558. The van der Waals surface area contributed by atoms with Gasteiger partial charge < -0.3 is 11.5 Å². The zero-order valence-electron chi connectivity index (χ0n) is 8.03. The number of hydrogen-bond donors (Lipinski definition) is 2. The molecule has 0 fully saturated rings. The Hall–Kier alpha value is -1.36.